The molecule has 0 aliphatic rings. The van der Waals surface area contributed by atoms with Crippen LogP contribution in [0, 0.1) is 0 Å². The second-order valence-electron chi connectivity index (χ2n) is 3.66. The summed E-state index contributed by atoms with van der Waals surface area (Å²) in [6.07, 6.45) is -0.596. The third-order valence-corrected chi connectivity index (χ3v) is 2.19. The quantitative estimate of drug-likeness (QED) is 0.355. The van der Waals surface area contributed by atoms with Gasteiger partial charge in [-0.2, -0.15) is 0 Å². The molecule has 1 atom stereocenters. The fourth-order valence-corrected chi connectivity index (χ4v) is 1.21. The van der Waals surface area contributed by atoms with Crippen LogP contribution in [0.3, 0.4) is 0 Å². The maximum atomic E-state index is 5.55. The normalized spacial score (nSPS) is 9.88. The molecule has 0 heterocycles. The topological polar surface area (TPSA) is 55.4 Å². The third-order valence-electron chi connectivity index (χ3n) is 2.19. The molecule has 0 aliphatic heterocycles. The van der Waals surface area contributed by atoms with Crippen LogP contribution >= 0.6 is 0 Å². The SMILES string of the molecule is C.C.C.C.C.C.COCCOC(C)C(OCCOC)OCCOC. The van der Waals surface area contributed by atoms with Gasteiger partial charge >= 0.3 is 0 Å². The lowest BCUT2D eigenvalue weighted by molar-refractivity contribution is -0.211. The van der Waals surface area contributed by atoms with Crippen LogP contribution in [-0.4, -0.2) is 73.4 Å². The van der Waals surface area contributed by atoms with Crippen molar-refractivity contribution < 1.29 is 28.4 Å². The van der Waals surface area contributed by atoms with Crippen molar-refractivity contribution in [3.8, 4) is 0 Å². The molecule has 0 aromatic carbocycles. The summed E-state index contributed by atoms with van der Waals surface area (Å²) in [5.41, 5.74) is 0. The summed E-state index contributed by atoms with van der Waals surface area (Å²) in [6.45, 7) is 4.94. The van der Waals surface area contributed by atoms with E-state index < -0.39 is 6.29 Å². The zero-order valence-electron chi connectivity index (χ0n) is 11.8. The van der Waals surface area contributed by atoms with Crippen molar-refractivity contribution in [2.45, 2.75) is 63.9 Å². The van der Waals surface area contributed by atoms with Gasteiger partial charge in [0.15, 0.2) is 6.29 Å². The Morgan fingerprint density at radius 3 is 1.08 bits per heavy atom. The molecule has 1 unspecified atom stereocenters. The second-order valence-corrected chi connectivity index (χ2v) is 3.66. The zero-order valence-corrected chi connectivity index (χ0v) is 11.8. The maximum absolute atomic E-state index is 5.55. The number of rotatable bonds is 13. The highest BCUT2D eigenvalue weighted by molar-refractivity contribution is 4.56. The highest BCUT2D eigenvalue weighted by atomic mass is 16.7. The standard InChI is InChI=1S/C12H26O6.6CH4/c1-11(16-8-5-13-2)12(17-9-6-14-3)18-10-7-15-4;;;;;;/h11-12H,5-10H2,1-4H3;6*1H4. The summed E-state index contributed by atoms with van der Waals surface area (Å²) in [7, 11) is 4.89. The van der Waals surface area contributed by atoms with Crippen molar-refractivity contribution in [3.63, 3.8) is 0 Å². The summed E-state index contributed by atoms with van der Waals surface area (Å²) < 4.78 is 31.4. The first-order chi connectivity index (χ1) is 8.76. The van der Waals surface area contributed by atoms with Crippen molar-refractivity contribution in [3.05, 3.63) is 0 Å². The Balaban J connectivity index is -0.0000000963. The van der Waals surface area contributed by atoms with Crippen LogP contribution in [-0.2, 0) is 28.4 Å². The molecular weight excluding hydrogens is 312 g/mol. The molecule has 0 amide bonds. The molecule has 0 aromatic rings. The monoisotopic (exact) mass is 362 g/mol. The summed E-state index contributed by atoms with van der Waals surface area (Å²) >= 11 is 0. The van der Waals surface area contributed by atoms with E-state index in [0.717, 1.165) is 0 Å². The summed E-state index contributed by atoms with van der Waals surface area (Å²) in [6, 6.07) is 0. The Hall–Kier alpha value is -0.240. The van der Waals surface area contributed by atoms with Gasteiger partial charge in [-0.05, 0) is 6.92 Å². The fraction of sp³-hybridized carbons (Fsp3) is 1.00. The minimum Gasteiger partial charge on any atom is -0.382 e. The average molecular weight is 363 g/mol. The lowest BCUT2D eigenvalue weighted by Crippen LogP contribution is -2.34. The van der Waals surface area contributed by atoms with Gasteiger partial charge in [0.1, 0.15) is 6.10 Å². The molecule has 0 saturated heterocycles. The third kappa shape index (κ3) is 26.6. The molecule has 6 nitrogen and oxygen atoms in total. The number of hydrogen-bond donors (Lipinski definition) is 0. The molecule has 6 heteroatoms. The van der Waals surface area contributed by atoms with Crippen LogP contribution in [0.25, 0.3) is 0 Å². The van der Waals surface area contributed by atoms with E-state index in [1.54, 1.807) is 21.3 Å². The summed E-state index contributed by atoms with van der Waals surface area (Å²) in [4.78, 5) is 0. The molecule has 0 radical (unpaired) electrons. The Morgan fingerprint density at radius 2 is 0.792 bits per heavy atom. The largest absolute Gasteiger partial charge is 0.382 e. The minimum absolute atomic E-state index is 0. The fourth-order valence-electron chi connectivity index (χ4n) is 1.21. The van der Waals surface area contributed by atoms with E-state index in [4.69, 9.17) is 28.4 Å². The van der Waals surface area contributed by atoms with E-state index in [0.29, 0.717) is 39.6 Å². The minimum atomic E-state index is -0.424. The lowest BCUT2D eigenvalue weighted by Gasteiger charge is -2.24. The Bertz CT molecular complexity index is 160. The molecule has 0 aromatic heterocycles. The van der Waals surface area contributed by atoms with E-state index in [1.165, 1.54) is 0 Å². The zero-order chi connectivity index (χ0) is 13.6. The molecule has 0 aliphatic carbocycles. The van der Waals surface area contributed by atoms with Crippen molar-refractivity contribution in [1.82, 2.24) is 0 Å². The van der Waals surface area contributed by atoms with Gasteiger partial charge in [0.2, 0.25) is 0 Å². The van der Waals surface area contributed by atoms with Crippen LogP contribution in [0.2, 0.25) is 0 Å². The van der Waals surface area contributed by atoms with Crippen LogP contribution in [0.5, 0.6) is 0 Å². The van der Waals surface area contributed by atoms with Gasteiger partial charge in [-0.3, -0.25) is 0 Å². The van der Waals surface area contributed by atoms with Crippen molar-refractivity contribution >= 4 is 0 Å². The lowest BCUT2D eigenvalue weighted by atomic mass is 10.4. The number of hydrogen-bond acceptors (Lipinski definition) is 6. The number of methoxy groups -OCH3 is 3. The second kappa shape index (κ2) is 34.2. The van der Waals surface area contributed by atoms with E-state index in [-0.39, 0.29) is 50.7 Å². The van der Waals surface area contributed by atoms with Crippen LogP contribution in [0.4, 0.5) is 0 Å². The first-order valence-electron chi connectivity index (χ1n) is 6.07. The molecule has 0 rings (SSSR count). The van der Waals surface area contributed by atoms with Gasteiger partial charge in [-0.15, -0.1) is 0 Å². The maximum Gasteiger partial charge on any atom is 0.183 e. The van der Waals surface area contributed by atoms with Crippen LogP contribution in [0.15, 0.2) is 0 Å². The molecule has 0 bridgehead atoms. The van der Waals surface area contributed by atoms with Crippen molar-refractivity contribution in [1.29, 1.82) is 0 Å². The highest BCUT2D eigenvalue weighted by Gasteiger charge is 2.19. The van der Waals surface area contributed by atoms with E-state index in [9.17, 15) is 0 Å². The van der Waals surface area contributed by atoms with Gasteiger partial charge in [0.05, 0.1) is 39.6 Å². The van der Waals surface area contributed by atoms with E-state index in [2.05, 4.69) is 0 Å². The van der Waals surface area contributed by atoms with Gasteiger partial charge in [0, 0.05) is 21.3 Å². The van der Waals surface area contributed by atoms with Gasteiger partial charge in [-0.25, -0.2) is 0 Å². The van der Waals surface area contributed by atoms with Crippen LogP contribution < -0.4 is 0 Å². The Kier molecular flexibility index (Phi) is 62.4. The van der Waals surface area contributed by atoms with E-state index >= 15 is 0 Å². The predicted octanol–water partition coefficient (Wildman–Crippen LogP) is 4.51. The Morgan fingerprint density at radius 1 is 0.500 bits per heavy atom. The van der Waals surface area contributed by atoms with E-state index in [1.807, 2.05) is 6.92 Å². The van der Waals surface area contributed by atoms with Crippen molar-refractivity contribution in [2.24, 2.45) is 0 Å². The van der Waals surface area contributed by atoms with Crippen molar-refractivity contribution in [2.75, 3.05) is 61.0 Å². The molecule has 0 fully saturated rings. The first-order valence-corrected chi connectivity index (χ1v) is 6.07. The molecule has 158 valence electrons. The smallest absolute Gasteiger partial charge is 0.183 e. The predicted molar refractivity (Wildman–Crippen MR) is 107 cm³/mol. The molecular formula is C18H50O6. The molecule has 24 heavy (non-hydrogen) atoms. The molecule has 0 spiro atoms. The highest BCUT2D eigenvalue weighted by Crippen LogP contribution is 2.06. The summed E-state index contributed by atoms with van der Waals surface area (Å²) in [5.74, 6) is 0. The molecule has 0 N–H and O–H groups in total. The van der Waals surface area contributed by atoms with Crippen LogP contribution in [0.1, 0.15) is 51.5 Å². The number of ether oxygens (including phenoxy) is 6. The summed E-state index contributed by atoms with van der Waals surface area (Å²) in [5, 5.41) is 0. The molecule has 0 saturated carbocycles. The van der Waals surface area contributed by atoms with Gasteiger partial charge in [0.25, 0.3) is 0 Å². The Labute approximate surface area is 154 Å². The average Bonchev–Trinajstić information content (AvgIpc) is 2.37. The first kappa shape index (κ1) is 43.8. The van der Waals surface area contributed by atoms with Gasteiger partial charge < -0.3 is 28.4 Å². The van der Waals surface area contributed by atoms with Gasteiger partial charge in [-0.1, -0.05) is 44.6 Å².